The first-order chi connectivity index (χ1) is 16.3. The van der Waals surface area contributed by atoms with Gasteiger partial charge in [-0.05, 0) is 60.4 Å². The molecule has 0 saturated carbocycles. The zero-order valence-electron chi connectivity index (χ0n) is 20.6. The summed E-state index contributed by atoms with van der Waals surface area (Å²) in [5, 5.41) is 26.7. The molecular weight excluding hydrogens is 476 g/mol. The Morgan fingerprint density at radius 1 is 0.800 bits per heavy atom. The van der Waals surface area contributed by atoms with Crippen LogP contribution in [0.15, 0.2) is 24.3 Å². The number of aliphatic hydroxyl groups excluding tert-OH is 2. The lowest BCUT2D eigenvalue weighted by Gasteiger charge is -2.20. The maximum absolute atomic E-state index is 12.9. The van der Waals surface area contributed by atoms with Crippen molar-refractivity contribution in [2.45, 2.75) is 39.9 Å². The zero-order chi connectivity index (χ0) is 26.5. The van der Waals surface area contributed by atoms with Crippen LogP contribution in [0, 0.1) is 13.8 Å². The topological polar surface area (TPSA) is 151 Å². The SMILES string of the molecule is COc1cc(C(O)CS(=O)(=O)CC(O)c2cc(OC)c(NC(C)=O)cc2C)c(C)cc1NC(C)=O. The lowest BCUT2D eigenvalue weighted by molar-refractivity contribution is -0.115. The van der Waals surface area contributed by atoms with Crippen LogP contribution in [0.2, 0.25) is 0 Å². The number of carbonyl (C=O) groups excluding carboxylic acids is 2. The Labute approximate surface area is 205 Å². The number of sulfone groups is 1. The number of nitrogens with one attached hydrogen (secondary N) is 2. The third-order valence-corrected chi connectivity index (χ3v) is 6.99. The number of benzene rings is 2. The number of amides is 2. The molecule has 0 radical (unpaired) electrons. The standard InChI is InChI=1S/C24H32N2O8S/c1-13-7-19(25-15(3)27)23(33-5)9-17(13)21(29)11-35(31,32)12-22(30)18-10-24(34-6)20(8-14(18)2)26-16(4)28/h7-10,21-22,29-30H,11-12H2,1-6H3,(H,25,27)(H,26,28). The van der Waals surface area contributed by atoms with Crippen molar-refractivity contribution in [2.75, 3.05) is 36.4 Å². The van der Waals surface area contributed by atoms with Crippen LogP contribution >= 0.6 is 0 Å². The number of hydrogen-bond donors (Lipinski definition) is 4. The van der Waals surface area contributed by atoms with Crippen LogP contribution < -0.4 is 20.1 Å². The molecule has 0 aliphatic rings. The number of rotatable bonds is 10. The van der Waals surface area contributed by atoms with Gasteiger partial charge in [-0.2, -0.15) is 0 Å². The van der Waals surface area contributed by atoms with E-state index in [1.807, 2.05) is 0 Å². The molecule has 0 aliphatic carbocycles. The summed E-state index contributed by atoms with van der Waals surface area (Å²) in [6.07, 6.45) is -2.77. The van der Waals surface area contributed by atoms with E-state index in [0.717, 1.165) is 0 Å². The molecule has 0 spiro atoms. The van der Waals surface area contributed by atoms with Gasteiger partial charge in [-0.3, -0.25) is 9.59 Å². The van der Waals surface area contributed by atoms with E-state index in [4.69, 9.17) is 9.47 Å². The van der Waals surface area contributed by atoms with Gasteiger partial charge in [0.1, 0.15) is 11.5 Å². The van der Waals surface area contributed by atoms with E-state index in [2.05, 4.69) is 10.6 Å². The highest BCUT2D eigenvalue weighted by Gasteiger charge is 2.26. The zero-order valence-corrected chi connectivity index (χ0v) is 21.4. The van der Waals surface area contributed by atoms with Gasteiger partial charge >= 0.3 is 0 Å². The van der Waals surface area contributed by atoms with Crippen LogP contribution in [0.25, 0.3) is 0 Å². The lowest BCUT2D eigenvalue weighted by atomic mass is 10.0. The molecule has 0 bridgehead atoms. The molecule has 2 aromatic rings. The summed E-state index contributed by atoms with van der Waals surface area (Å²) in [5.74, 6) is -1.31. The average molecular weight is 509 g/mol. The number of methoxy groups -OCH3 is 2. The Balaban J connectivity index is 2.25. The normalized spacial score (nSPS) is 13.0. The van der Waals surface area contributed by atoms with E-state index in [9.17, 15) is 28.2 Å². The molecule has 4 N–H and O–H groups in total. The fourth-order valence-electron chi connectivity index (χ4n) is 3.77. The number of carbonyl (C=O) groups is 2. The smallest absolute Gasteiger partial charge is 0.221 e. The van der Waals surface area contributed by atoms with Crippen molar-refractivity contribution in [3.05, 3.63) is 46.5 Å². The van der Waals surface area contributed by atoms with Crippen LogP contribution in [0.5, 0.6) is 11.5 Å². The number of aryl methyl sites for hydroxylation is 2. The molecule has 2 atom stereocenters. The molecule has 11 heteroatoms. The Morgan fingerprint density at radius 2 is 1.14 bits per heavy atom. The quantitative estimate of drug-likeness (QED) is 0.382. The van der Waals surface area contributed by atoms with Crippen molar-refractivity contribution >= 4 is 33.0 Å². The van der Waals surface area contributed by atoms with Crippen molar-refractivity contribution in [3.63, 3.8) is 0 Å². The summed E-state index contributed by atoms with van der Waals surface area (Å²) in [7, 11) is -1.14. The molecule has 0 aromatic heterocycles. The lowest BCUT2D eigenvalue weighted by Crippen LogP contribution is -2.22. The molecule has 2 rings (SSSR count). The molecule has 35 heavy (non-hydrogen) atoms. The van der Waals surface area contributed by atoms with Gasteiger partial charge in [0.05, 0.1) is 49.3 Å². The second-order valence-electron chi connectivity index (χ2n) is 8.29. The molecule has 2 unspecified atom stereocenters. The highest BCUT2D eigenvalue weighted by Crippen LogP contribution is 2.34. The minimum absolute atomic E-state index is 0.277. The molecule has 2 aromatic carbocycles. The van der Waals surface area contributed by atoms with E-state index in [0.29, 0.717) is 33.6 Å². The van der Waals surface area contributed by atoms with Gasteiger partial charge in [0, 0.05) is 13.8 Å². The fourth-order valence-corrected chi connectivity index (χ4v) is 5.22. The largest absolute Gasteiger partial charge is 0.495 e. The maximum Gasteiger partial charge on any atom is 0.221 e. The van der Waals surface area contributed by atoms with Gasteiger partial charge in [0.15, 0.2) is 9.84 Å². The summed E-state index contributed by atoms with van der Waals surface area (Å²) in [4.78, 5) is 22.8. The van der Waals surface area contributed by atoms with Crippen LogP contribution in [0.1, 0.15) is 48.3 Å². The Kier molecular flexibility index (Phi) is 9.24. The van der Waals surface area contributed by atoms with Crippen LogP contribution in [-0.4, -0.2) is 56.2 Å². The van der Waals surface area contributed by atoms with Gasteiger partial charge in [0.2, 0.25) is 11.8 Å². The summed E-state index contributed by atoms with van der Waals surface area (Å²) >= 11 is 0. The second-order valence-corrected chi connectivity index (χ2v) is 10.4. The van der Waals surface area contributed by atoms with Crippen LogP contribution in [-0.2, 0) is 19.4 Å². The minimum Gasteiger partial charge on any atom is -0.495 e. The highest BCUT2D eigenvalue weighted by molar-refractivity contribution is 7.91. The van der Waals surface area contributed by atoms with Gasteiger partial charge in [-0.15, -0.1) is 0 Å². The predicted octanol–water partition coefficient (Wildman–Crippen LogP) is 2.42. The van der Waals surface area contributed by atoms with Gasteiger partial charge in [-0.1, -0.05) is 0 Å². The van der Waals surface area contributed by atoms with E-state index >= 15 is 0 Å². The third-order valence-electron chi connectivity index (χ3n) is 5.34. The van der Waals surface area contributed by atoms with Crippen molar-refractivity contribution in [1.82, 2.24) is 0 Å². The van der Waals surface area contributed by atoms with Gasteiger partial charge in [-0.25, -0.2) is 8.42 Å². The Bertz CT molecular complexity index is 1120. The molecular formula is C24H32N2O8S. The number of aliphatic hydroxyl groups is 2. The summed E-state index contributed by atoms with van der Waals surface area (Å²) in [5.41, 5.74) is 2.58. The molecule has 0 heterocycles. The monoisotopic (exact) mass is 508 g/mol. The maximum atomic E-state index is 12.9. The second kappa shape index (κ2) is 11.5. The summed E-state index contributed by atoms with van der Waals surface area (Å²) in [6.45, 7) is 6.05. The highest BCUT2D eigenvalue weighted by atomic mass is 32.2. The molecule has 2 amide bonds. The Hall–Kier alpha value is -3.15. The first-order valence-electron chi connectivity index (χ1n) is 10.8. The number of hydrogen-bond acceptors (Lipinski definition) is 8. The summed E-state index contributed by atoms with van der Waals surface area (Å²) in [6, 6.07) is 6.14. The molecule has 0 aliphatic heterocycles. The third kappa shape index (κ3) is 7.41. The average Bonchev–Trinajstić information content (AvgIpc) is 2.72. The van der Waals surface area contributed by atoms with Crippen LogP contribution in [0.4, 0.5) is 11.4 Å². The van der Waals surface area contributed by atoms with E-state index < -0.39 is 33.6 Å². The van der Waals surface area contributed by atoms with E-state index in [-0.39, 0.29) is 23.3 Å². The summed E-state index contributed by atoms with van der Waals surface area (Å²) < 4.78 is 36.2. The fraction of sp³-hybridized carbons (Fsp3) is 0.417. The van der Waals surface area contributed by atoms with Crippen molar-refractivity contribution < 1.29 is 37.7 Å². The van der Waals surface area contributed by atoms with E-state index in [1.165, 1.54) is 40.2 Å². The first kappa shape index (κ1) is 28.1. The van der Waals surface area contributed by atoms with Gasteiger partial charge < -0.3 is 30.3 Å². The van der Waals surface area contributed by atoms with Crippen molar-refractivity contribution in [2.24, 2.45) is 0 Å². The Morgan fingerprint density at radius 3 is 1.43 bits per heavy atom. The molecule has 0 fully saturated rings. The van der Waals surface area contributed by atoms with E-state index in [1.54, 1.807) is 26.0 Å². The number of ether oxygens (including phenoxy) is 2. The molecule has 192 valence electrons. The molecule has 10 nitrogen and oxygen atoms in total. The predicted molar refractivity (Wildman–Crippen MR) is 133 cm³/mol. The van der Waals surface area contributed by atoms with Crippen molar-refractivity contribution in [3.8, 4) is 11.5 Å². The van der Waals surface area contributed by atoms with Gasteiger partial charge in [0.25, 0.3) is 0 Å². The first-order valence-corrected chi connectivity index (χ1v) is 12.6. The molecule has 0 saturated heterocycles. The minimum atomic E-state index is -3.93. The number of anilines is 2. The van der Waals surface area contributed by atoms with Crippen molar-refractivity contribution in [1.29, 1.82) is 0 Å². The van der Waals surface area contributed by atoms with Crippen LogP contribution in [0.3, 0.4) is 0 Å².